The first kappa shape index (κ1) is 14.1. The lowest BCUT2D eigenvalue weighted by Gasteiger charge is -2.15. The quantitative estimate of drug-likeness (QED) is 0.645. The summed E-state index contributed by atoms with van der Waals surface area (Å²) in [7, 11) is 1.87. The van der Waals surface area contributed by atoms with Gasteiger partial charge < -0.3 is 4.90 Å². The Morgan fingerprint density at radius 2 is 1.55 bits per heavy atom. The molecule has 0 saturated carbocycles. The van der Waals surface area contributed by atoms with Crippen LogP contribution in [-0.4, -0.2) is 18.9 Å². The Kier molecular flexibility index (Phi) is 3.74. The zero-order valence-electron chi connectivity index (χ0n) is 12.3. The first-order valence-corrected chi connectivity index (χ1v) is 7.08. The topological polar surface area (TPSA) is 40.6 Å². The van der Waals surface area contributed by atoms with Crippen molar-refractivity contribution in [1.29, 1.82) is 0 Å². The van der Waals surface area contributed by atoms with E-state index < -0.39 is 0 Å². The van der Waals surface area contributed by atoms with Crippen LogP contribution in [0.5, 0.6) is 0 Å². The minimum absolute atomic E-state index is 0.130. The molecule has 2 amide bonds. The molecule has 0 bridgehead atoms. The van der Waals surface area contributed by atoms with E-state index in [-0.39, 0.29) is 18.2 Å². The first-order valence-electron chi connectivity index (χ1n) is 7.08. The molecule has 0 aromatic heterocycles. The van der Waals surface area contributed by atoms with Gasteiger partial charge in [0.2, 0.25) is 5.91 Å². The molecule has 4 heteroatoms. The van der Waals surface area contributed by atoms with Crippen molar-refractivity contribution in [2.75, 3.05) is 16.8 Å². The molecule has 1 heterocycles. The zero-order chi connectivity index (χ0) is 15.5. The number of hydrogen-bond acceptors (Lipinski definition) is 3. The minimum atomic E-state index is -0.251. The Balaban J connectivity index is 1.87. The largest absolute Gasteiger partial charge is 0.351 e. The fourth-order valence-corrected chi connectivity index (χ4v) is 2.49. The molecule has 0 aliphatic carbocycles. The van der Waals surface area contributed by atoms with Gasteiger partial charge >= 0.3 is 0 Å². The molecule has 1 aliphatic rings. The normalized spacial score (nSPS) is 16.4. The van der Waals surface area contributed by atoms with E-state index in [4.69, 9.17) is 0 Å². The number of benzene rings is 2. The van der Waals surface area contributed by atoms with Gasteiger partial charge in [0.05, 0.1) is 12.1 Å². The number of carbonyl (C=O) groups is 2. The van der Waals surface area contributed by atoms with E-state index in [2.05, 4.69) is 0 Å². The number of para-hydroxylation sites is 2. The Labute approximate surface area is 129 Å². The molecule has 4 nitrogen and oxygen atoms in total. The molecule has 0 spiro atoms. The van der Waals surface area contributed by atoms with Crippen LogP contribution in [0.15, 0.2) is 72.4 Å². The van der Waals surface area contributed by atoms with Crippen LogP contribution >= 0.6 is 0 Å². The van der Waals surface area contributed by atoms with Gasteiger partial charge in [0.1, 0.15) is 0 Å². The molecule has 2 aromatic rings. The third kappa shape index (κ3) is 2.63. The molecule has 3 rings (SSSR count). The van der Waals surface area contributed by atoms with Crippen molar-refractivity contribution in [2.45, 2.75) is 6.42 Å². The van der Waals surface area contributed by atoms with Crippen LogP contribution in [0.2, 0.25) is 0 Å². The summed E-state index contributed by atoms with van der Waals surface area (Å²) in [5, 5.41) is 0. The Morgan fingerprint density at radius 1 is 0.955 bits per heavy atom. The number of anilines is 2. The second-order valence-corrected chi connectivity index (χ2v) is 5.15. The summed E-state index contributed by atoms with van der Waals surface area (Å²) >= 11 is 0. The van der Waals surface area contributed by atoms with Crippen LogP contribution in [0.25, 0.3) is 0 Å². The van der Waals surface area contributed by atoms with Gasteiger partial charge in [-0.15, -0.1) is 0 Å². The molecule has 0 unspecified atom stereocenters. The SMILES string of the molecule is CN(/C=C1/CC(=O)N(c2ccccc2)C1=O)c1ccccc1. The highest BCUT2D eigenvalue weighted by Crippen LogP contribution is 2.26. The van der Waals surface area contributed by atoms with E-state index in [1.165, 1.54) is 4.90 Å². The van der Waals surface area contributed by atoms with Crippen molar-refractivity contribution < 1.29 is 9.59 Å². The molecule has 2 aromatic carbocycles. The molecule has 110 valence electrons. The zero-order valence-corrected chi connectivity index (χ0v) is 12.3. The van der Waals surface area contributed by atoms with Gasteiger partial charge in [0.25, 0.3) is 5.91 Å². The van der Waals surface area contributed by atoms with Crippen molar-refractivity contribution in [3.63, 3.8) is 0 Å². The third-order valence-electron chi connectivity index (χ3n) is 3.60. The molecular formula is C18H16N2O2. The number of nitrogens with zero attached hydrogens (tertiary/aromatic N) is 2. The number of rotatable bonds is 3. The maximum Gasteiger partial charge on any atom is 0.262 e. The molecule has 1 fully saturated rings. The minimum Gasteiger partial charge on any atom is -0.351 e. The standard InChI is InChI=1S/C18H16N2O2/c1-19(15-8-4-2-5-9-15)13-14-12-17(21)20(18(14)22)16-10-6-3-7-11-16/h2-11,13H,12H2,1H3/b14-13-. The number of carbonyl (C=O) groups excluding carboxylic acids is 2. The summed E-state index contributed by atoms with van der Waals surface area (Å²) in [6.45, 7) is 0. The van der Waals surface area contributed by atoms with Crippen LogP contribution in [0, 0.1) is 0 Å². The molecule has 0 atom stereocenters. The lowest BCUT2D eigenvalue weighted by atomic mass is 10.2. The van der Waals surface area contributed by atoms with Crippen molar-refractivity contribution in [3.05, 3.63) is 72.4 Å². The Morgan fingerprint density at radius 3 is 2.18 bits per heavy atom. The molecular weight excluding hydrogens is 276 g/mol. The summed E-state index contributed by atoms with van der Waals surface area (Å²) < 4.78 is 0. The maximum absolute atomic E-state index is 12.5. The molecule has 0 N–H and O–H groups in total. The average molecular weight is 292 g/mol. The highest BCUT2D eigenvalue weighted by molar-refractivity contribution is 6.28. The van der Waals surface area contributed by atoms with Gasteiger partial charge in [-0.05, 0) is 24.3 Å². The molecule has 1 saturated heterocycles. The van der Waals surface area contributed by atoms with E-state index in [0.717, 1.165) is 5.69 Å². The fraction of sp³-hybridized carbons (Fsp3) is 0.111. The fourth-order valence-electron chi connectivity index (χ4n) is 2.49. The van der Waals surface area contributed by atoms with Crippen LogP contribution in [0.4, 0.5) is 11.4 Å². The lowest BCUT2D eigenvalue weighted by molar-refractivity contribution is -0.120. The van der Waals surface area contributed by atoms with Crippen molar-refractivity contribution in [3.8, 4) is 0 Å². The maximum atomic E-state index is 12.5. The van der Waals surface area contributed by atoms with Crippen molar-refractivity contribution in [2.24, 2.45) is 0 Å². The predicted octanol–water partition coefficient (Wildman–Crippen LogP) is 2.97. The highest BCUT2D eigenvalue weighted by atomic mass is 16.2. The average Bonchev–Trinajstić information content (AvgIpc) is 2.83. The van der Waals surface area contributed by atoms with Crippen LogP contribution < -0.4 is 9.80 Å². The lowest BCUT2D eigenvalue weighted by Crippen LogP contribution is -2.29. The Bertz CT molecular complexity index is 723. The van der Waals surface area contributed by atoms with Gasteiger partial charge in [-0.2, -0.15) is 0 Å². The smallest absolute Gasteiger partial charge is 0.262 e. The van der Waals surface area contributed by atoms with Gasteiger partial charge in [-0.1, -0.05) is 36.4 Å². The summed E-state index contributed by atoms with van der Waals surface area (Å²) in [5.41, 5.74) is 2.08. The predicted molar refractivity (Wildman–Crippen MR) is 86.5 cm³/mol. The second-order valence-electron chi connectivity index (χ2n) is 5.15. The van der Waals surface area contributed by atoms with Crippen LogP contribution in [-0.2, 0) is 9.59 Å². The summed E-state index contributed by atoms with van der Waals surface area (Å²) in [5.74, 6) is -0.442. The molecule has 1 aliphatic heterocycles. The van der Waals surface area contributed by atoms with E-state index in [0.29, 0.717) is 11.3 Å². The highest BCUT2D eigenvalue weighted by Gasteiger charge is 2.35. The van der Waals surface area contributed by atoms with Gasteiger partial charge in [-0.3, -0.25) is 9.59 Å². The number of hydrogen-bond donors (Lipinski definition) is 0. The number of imide groups is 1. The first-order chi connectivity index (χ1) is 10.7. The molecule has 0 radical (unpaired) electrons. The Hall–Kier alpha value is -2.88. The van der Waals surface area contributed by atoms with E-state index in [1.807, 2.05) is 60.5 Å². The van der Waals surface area contributed by atoms with Crippen LogP contribution in [0.3, 0.4) is 0 Å². The summed E-state index contributed by atoms with van der Waals surface area (Å²) in [6.07, 6.45) is 1.86. The van der Waals surface area contributed by atoms with Gasteiger partial charge in [0, 0.05) is 24.5 Å². The van der Waals surface area contributed by atoms with Gasteiger partial charge in [0.15, 0.2) is 0 Å². The van der Waals surface area contributed by atoms with Gasteiger partial charge in [-0.25, -0.2) is 4.90 Å². The number of amides is 2. The van der Waals surface area contributed by atoms with E-state index in [1.54, 1.807) is 18.3 Å². The summed E-state index contributed by atoms with van der Waals surface area (Å²) in [4.78, 5) is 27.7. The van der Waals surface area contributed by atoms with E-state index >= 15 is 0 Å². The third-order valence-corrected chi connectivity index (χ3v) is 3.60. The van der Waals surface area contributed by atoms with E-state index in [9.17, 15) is 9.59 Å². The second kappa shape index (κ2) is 5.85. The van der Waals surface area contributed by atoms with Crippen molar-refractivity contribution in [1.82, 2.24) is 0 Å². The summed E-state index contributed by atoms with van der Waals surface area (Å²) in [6, 6.07) is 18.7. The van der Waals surface area contributed by atoms with Crippen molar-refractivity contribution >= 4 is 23.2 Å². The monoisotopic (exact) mass is 292 g/mol. The van der Waals surface area contributed by atoms with Crippen LogP contribution in [0.1, 0.15) is 6.42 Å². The molecule has 22 heavy (non-hydrogen) atoms.